The number of rotatable bonds is 6. The smallest absolute Gasteiger partial charge is 0.119 e. The van der Waals surface area contributed by atoms with Crippen LogP contribution in [0.2, 0.25) is 0 Å². The van der Waals surface area contributed by atoms with E-state index in [2.05, 4.69) is 50.4 Å². The van der Waals surface area contributed by atoms with E-state index < -0.39 is 0 Å². The van der Waals surface area contributed by atoms with Gasteiger partial charge in [-0.3, -0.25) is 0 Å². The highest BCUT2D eigenvalue weighted by atomic mass is 16.5. The van der Waals surface area contributed by atoms with Crippen molar-refractivity contribution in [1.29, 1.82) is 0 Å². The molecule has 1 aliphatic rings. The number of nitrogens with one attached hydrogen (secondary N) is 1. The Morgan fingerprint density at radius 1 is 1.33 bits per heavy atom. The summed E-state index contributed by atoms with van der Waals surface area (Å²) in [5, 5.41) is 13.2. The molecule has 0 aromatic heterocycles. The van der Waals surface area contributed by atoms with E-state index in [1.807, 2.05) is 0 Å². The van der Waals surface area contributed by atoms with Gasteiger partial charge in [-0.25, -0.2) is 0 Å². The quantitative estimate of drug-likeness (QED) is 0.843. The molecule has 1 aromatic carbocycles. The highest BCUT2D eigenvalue weighted by Crippen LogP contribution is 2.31. The molecule has 21 heavy (non-hydrogen) atoms. The molecule has 3 nitrogen and oxygen atoms in total. The summed E-state index contributed by atoms with van der Waals surface area (Å²) in [6, 6.07) is 8.43. The molecule has 2 unspecified atom stereocenters. The van der Waals surface area contributed by atoms with Gasteiger partial charge in [-0.05, 0) is 49.4 Å². The van der Waals surface area contributed by atoms with Gasteiger partial charge in [0, 0.05) is 12.0 Å². The van der Waals surface area contributed by atoms with Gasteiger partial charge >= 0.3 is 0 Å². The fourth-order valence-corrected chi connectivity index (χ4v) is 3.27. The summed E-state index contributed by atoms with van der Waals surface area (Å²) in [5.74, 6) is 1.49. The number of likely N-dealkylation sites (N-methyl/N-ethyl adjacent to an activating group) is 1. The fourth-order valence-electron chi connectivity index (χ4n) is 3.27. The maximum Gasteiger partial charge on any atom is 0.119 e. The largest absolute Gasteiger partial charge is 0.490 e. The van der Waals surface area contributed by atoms with Crippen molar-refractivity contribution in [2.75, 3.05) is 13.2 Å². The summed E-state index contributed by atoms with van der Waals surface area (Å²) >= 11 is 0. The number of aliphatic hydroxyl groups is 1. The lowest BCUT2D eigenvalue weighted by Gasteiger charge is -2.40. The van der Waals surface area contributed by atoms with E-state index in [4.69, 9.17) is 4.74 Å². The zero-order chi connectivity index (χ0) is 15.3. The van der Waals surface area contributed by atoms with Crippen LogP contribution in [-0.2, 0) is 0 Å². The van der Waals surface area contributed by atoms with Crippen LogP contribution >= 0.6 is 0 Å². The monoisotopic (exact) mass is 291 g/mol. The molecule has 1 saturated carbocycles. The maximum atomic E-state index is 9.74. The molecule has 0 amide bonds. The van der Waals surface area contributed by atoms with E-state index in [0.717, 1.165) is 38.0 Å². The molecular weight excluding hydrogens is 262 g/mol. The van der Waals surface area contributed by atoms with Crippen LogP contribution in [-0.4, -0.2) is 29.9 Å². The van der Waals surface area contributed by atoms with E-state index in [0.29, 0.717) is 5.92 Å². The van der Waals surface area contributed by atoms with E-state index in [-0.39, 0.29) is 18.2 Å². The van der Waals surface area contributed by atoms with Crippen LogP contribution in [0.25, 0.3) is 0 Å². The van der Waals surface area contributed by atoms with Crippen molar-refractivity contribution in [2.24, 2.45) is 0 Å². The Kier molecular flexibility index (Phi) is 5.65. The predicted octanol–water partition coefficient (Wildman–Crippen LogP) is 3.47. The van der Waals surface area contributed by atoms with Crippen LogP contribution in [0.15, 0.2) is 24.3 Å². The molecule has 0 radical (unpaired) electrons. The first kappa shape index (κ1) is 16.3. The van der Waals surface area contributed by atoms with Crippen LogP contribution in [0.5, 0.6) is 5.75 Å². The summed E-state index contributed by atoms with van der Waals surface area (Å²) < 4.78 is 6.14. The second kappa shape index (κ2) is 7.28. The third-order valence-corrected chi connectivity index (χ3v) is 4.50. The normalized spacial score (nSPS) is 26.0. The average molecular weight is 291 g/mol. The van der Waals surface area contributed by atoms with Gasteiger partial charge in [0.1, 0.15) is 11.9 Å². The van der Waals surface area contributed by atoms with Crippen LogP contribution in [0.3, 0.4) is 0 Å². The summed E-state index contributed by atoms with van der Waals surface area (Å²) in [5.41, 5.74) is 1.18. The molecule has 1 aliphatic carbocycles. The fraction of sp³-hybridized carbons (Fsp3) is 0.667. The maximum absolute atomic E-state index is 9.74. The molecule has 2 rings (SSSR count). The zero-order valence-electron chi connectivity index (χ0n) is 13.6. The average Bonchev–Trinajstić information content (AvgIpc) is 2.48. The summed E-state index contributed by atoms with van der Waals surface area (Å²) in [6.45, 7) is 7.56. The minimum atomic E-state index is -0.157. The second-order valence-corrected chi connectivity index (χ2v) is 6.53. The lowest BCUT2D eigenvalue weighted by molar-refractivity contribution is 0.0520. The van der Waals surface area contributed by atoms with Crippen molar-refractivity contribution < 1.29 is 9.84 Å². The topological polar surface area (TPSA) is 41.5 Å². The number of hydrogen-bond acceptors (Lipinski definition) is 3. The molecule has 1 aromatic rings. The third kappa shape index (κ3) is 4.21. The zero-order valence-corrected chi connectivity index (χ0v) is 13.6. The number of benzene rings is 1. The highest BCUT2D eigenvalue weighted by molar-refractivity contribution is 5.29. The van der Waals surface area contributed by atoms with E-state index in [9.17, 15) is 5.11 Å². The number of aliphatic hydroxyl groups excluding tert-OH is 1. The Balaban J connectivity index is 1.98. The van der Waals surface area contributed by atoms with Gasteiger partial charge in [0.15, 0.2) is 0 Å². The van der Waals surface area contributed by atoms with Crippen molar-refractivity contribution in [2.45, 2.75) is 64.0 Å². The Morgan fingerprint density at radius 3 is 2.62 bits per heavy atom. The number of hydrogen-bond donors (Lipinski definition) is 2. The van der Waals surface area contributed by atoms with Crippen molar-refractivity contribution in [3.8, 4) is 5.75 Å². The van der Waals surface area contributed by atoms with Gasteiger partial charge in [-0.2, -0.15) is 0 Å². The molecule has 1 fully saturated rings. The van der Waals surface area contributed by atoms with Gasteiger partial charge in [0.2, 0.25) is 0 Å². The minimum absolute atomic E-state index is 0.157. The lowest BCUT2D eigenvalue weighted by atomic mass is 9.80. The van der Waals surface area contributed by atoms with Crippen LogP contribution in [0.1, 0.15) is 57.9 Å². The molecule has 0 spiro atoms. The first-order valence-electron chi connectivity index (χ1n) is 8.21. The van der Waals surface area contributed by atoms with Crippen molar-refractivity contribution in [1.82, 2.24) is 5.32 Å². The molecule has 2 atom stereocenters. The SMILES string of the molecule is CCNC1(CO)CCCC(Oc2ccc(C(C)C)cc2)C1. The first-order chi connectivity index (χ1) is 10.1. The second-order valence-electron chi connectivity index (χ2n) is 6.53. The molecule has 0 saturated heterocycles. The van der Waals surface area contributed by atoms with E-state index in [1.54, 1.807) is 0 Å². The predicted molar refractivity (Wildman–Crippen MR) is 86.9 cm³/mol. The Hall–Kier alpha value is -1.06. The van der Waals surface area contributed by atoms with Crippen LogP contribution in [0.4, 0.5) is 0 Å². The van der Waals surface area contributed by atoms with E-state index in [1.165, 1.54) is 5.56 Å². The molecule has 2 N–H and O–H groups in total. The van der Waals surface area contributed by atoms with E-state index >= 15 is 0 Å². The molecule has 3 heteroatoms. The van der Waals surface area contributed by atoms with Crippen molar-refractivity contribution in [3.05, 3.63) is 29.8 Å². The first-order valence-corrected chi connectivity index (χ1v) is 8.21. The van der Waals surface area contributed by atoms with Crippen LogP contribution < -0.4 is 10.1 Å². The highest BCUT2D eigenvalue weighted by Gasteiger charge is 2.36. The summed E-state index contributed by atoms with van der Waals surface area (Å²) in [4.78, 5) is 0. The van der Waals surface area contributed by atoms with Crippen molar-refractivity contribution >= 4 is 0 Å². The molecule has 0 bridgehead atoms. The summed E-state index contributed by atoms with van der Waals surface area (Å²) in [7, 11) is 0. The van der Waals surface area contributed by atoms with Gasteiger partial charge < -0.3 is 15.2 Å². The van der Waals surface area contributed by atoms with Gasteiger partial charge in [0.05, 0.1) is 6.61 Å². The Bertz CT molecular complexity index is 425. The molecule has 0 aliphatic heterocycles. The molecule has 118 valence electrons. The minimum Gasteiger partial charge on any atom is -0.490 e. The lowest BCUT2D eigenvalue weighted by Crippen LogP contribution is -2.53. The van der Waals surface area contributed by atoms with Crippen molar-refractivity contribution in [3.63, 3.8) is 0 Å². The Morgan fingerprint density at radius 2 is 2.05 bits per heavy atom. The molecule has 0 heterocycles. The van der Waals surface area contributed by atoms with Crippen LogP contribution in [0, 0.1) is 0 Å². The van der Waals surface area contributed by atoms with Gasteiger partial charge in [-0.15, -0.1) is 0 Å². The Labute approximate surface area is 128 Å². The van der Waals surface area contributed by atoms with Gasteiger partial charge in [-0.1, -0.05) is 32.9 Å². The van der Waals surface area contributed by atoms with Gasteiger partial charge in [0.25, 0.3) is 0 Å². The summed E-state index contributed by atoms with van der Waals surface area (Å²) in [6.07, 6.45) is 4.27. The third-order valence-electron chi connectivity index (χ3n) is 4.50. The standard InChI is InChI=1S/C18H29NO2/c1-4-19-18(13-20)11-5-6-17(12-18)21-16-9-7-15(8-10-16)14(2)3/h7-10,14,17,19-20H,4-6,11-13H2,1-3H3. The number of ether oxygens (including phenoxy) is 1. The molecular formula is C18H29NO2.